The molecule has 2 amide bonds. The molecule has 0 aromatic heterocycles. The minimum atomic E-state index is -0.755. The van der Waals surface area contributed by atoms with Crippen LogP contribution in [0.25, 0.3) is 0 Å². The summed E-state index contributed by atoms with van der Waals surface area (Å²) in [4.78, 5) is 49.8. The first-order chi connectivity index (χ1) is 13.0. The molecular formula is C20H23NO6. The number of carbonyl (C=O) groups is 4. The Labute approximate surface area is 157 Å². The highest BCUT2D eigenvalue weighted by molar-refractivity contribution is 6.07. The normalized spacial score (nSPS) is 21.7. The maximum Gasteiger partial charge on any atom is 0.326 e. The van der Waals surface area contributed by atoms with Gasteiger partial charge >= 0.3 is 5.97 Å². The van der Waals surface area contributed by atoms with Crippen LogP contribution in [0.5, 0.6) is 5.75 Å². The number of esters is 1. The largest absolute Gasteiger partial charge is 0.494 e. The summed E-state index contributed by atoms with van der Waals surface area (Å²) in [6.45, 7) is 1.53. The summed E-state index contributed by atoms with van der Waals surface area (Å²) in [6.07, 6.45) is 3.23. The van der Waals surface area contributed by atoms with E-state index in [1.54, 1.807) is 24.3 Å². The smallest absolute Gasteiger partial charge is 0.326 e. The van der Waals surface area contributed by atoms with E-state index in [1.165, 1.54) is 0 Å². The van der Waals surface area contributed by atoms with Crippen molar-refractivity contribution < 1.29 is 28.7 Å². The van der Waals surface area contributed by atoms with Gasteiger partial charge in [0.15, 0.2) is 12.4 Å². The summed E-state index contributed by atoms with van der Waals surface area (Å²) in [5, 5.41) is 0. The summed E-state index contributed by atoms with van der Waals surface area (Å²) < 4.78 is 10.3. The third-order valence-electron chi connectivity index (χ3n) is 5.07. The monoisotopic (exact) mass is 373 g/mol. The van der Waals surface area contributed by atoms with Crippen LogP contribution in [0.4, 0.5) is 0 Å². The van der Waals surface area contributed by atoms with Gasteiger partial charge in [-0.2, -0.15) is 0 Å². The zero-order valence-electron chi connectivity index (χ0n) is 15.3. The molecule has 1 saturated carbocycles. The van der Waals surface area contributed by atoms with Crippen LogP contribution in [0, 0.1) is 11.8 Å². The highest BCUT2D eigenvalue weighted by Gasteiger charge is 2.48. The van der Waals surface area contributed by atoms with Crippen LogP contribution in [0.1, 0.15) is 43.0 Å². The number of imide groups is 1. The summed E-state index contributed by atoms with van der Waals surface area (Å²) in [6, 6.07) is 6.53. The van der Waals surface area contributed by atoms with E-state index in [-0.39, 0.29) is 29.4 Å². The molecule has 2 fully saturated rings. The summed E-state index contributed by atoms with van der Waals surface area (Å²) in [5.74, 6) is -1.65. The van der Waals surface area contributed by atoms with Crippen molar-refractivity contribution in [1.29, 1.82) is 0 Å². The number of carbonyl (C=O) groups excluding carboxylic acids is 4. The second-order valence-corrected chi connectivity index (χ2v) is 6.80. The zero-order valence-corrected chi connectivity index (χ0v) is 15.3. The van der Waals surface area contributed by atoms with Crippen LogP contribution in [-0.4, -0.2) is 48.2 Å². The van der Waals surface area contributed by atoms with Crippen LogP contribution < -0.4 is 4.74 Å². The highest BCUT2D eigenvalue weighted by Crippen LogP contribution is 2.37. The number of hydrogen-bond donors (Lipinski definition) is 0. The van der Waals surface area contributed by atoms with Crippen molar-refractivity contribution in [3.8, 4) is 5.75 Å². The Kier molecular flexibility index (Phi) is 5.88. The molecule has 1 heterocycles. The van der Waals surface area contributed by atoms with Gasteiger partial charge in [0.2, 0.25) is 11.8 Å². The lowest BCUT2D eigenvalue weighted by molar-refractivity contribution is -0.152. The maximum absolute atomic E-state index is 12.3. The molecule has 7 heteroatoms. The predicted octanol–water partition coefficient (Wildman–Crippen LogP) is 1.99. The Morgan fingerprint density at radius 3 is 2.19 bits per heavy atom. The number of ketones is 1. The van der Waals surface area contributed by atoms with E-state index in [2.05, 4.69) is 0 Å². The van der Waals surface area contributed by atoms with E-state index in [4.69, 9.17) is 9.47 Å². The maximum atomic E-state index is 12.3. The molecular weight excluding hydrogens is 350 g/mol. The van der Waals surface area contributed by atoms with Crippen molar-refractivity contribution in [1.82, 2.24) is 4.90 Å². The summed E-state index contributed by atoms with van der Waals surface area (Å²) in [5.41, 5.74) is 0.394. The van der Waals surface area contributed by atoms with Crippen LogP contribution >= 0.6 is 0 Å². The number of Topliss-reactive ketones (excluding diaryl/α,β-unsaturated/α-hetero) is 1. The van der Waals surface area contributed by atoms with Gasteiger partial charge in [-0.25, -0.2) is 0 Å². The Hall–Kier alpha value is -2.70. The fourth-order valence-corrected chi connectivity index (χ4v) is 3.69. The topological polar surface area (TPSA) is 90.0 Å². The third-order valence-corrected chi connectivity index (χ3v) is 5.07. The fraction of sp³-hybridized carbons (Fsp3) is 0.500. The number of ether oxygens (including phenoxy) is 2. The second-order valence-electron chi connectivity index (χ2n) is 6.80. The van der Waals surface area contributed by atoms with Gasteiger partial charge in [-0.05, 0) is 44.0 Å². The SMILES string of the molecule is CCOc1ccc(C(=O)COC(=O)CN2C(=O)C3CCCCC3C2=O)cc1. The first-order valence-electron chi connectivity index (χ1n) is 9.28. The van der Waals surface area contributed by atoms with Crippen LogP contribution in [0.15, 0.2) is 24.3 Å². The first-order valence-corrected chi connectivity index (χ1v) is 9.28. The van der Waals surface area contributed by atoms with Gasteiger partial charge in [-0.1, -0.05) is 12.8 Å². The van der Waals surface area contributed by atoms with Crippen LogP contribution in [-0.2, 0) is 19.1 Å². The molecule has 1 saturated heterocycles. The lowest BCUT2D eigenvalue weighted by Gasteiger charge is -2.19. The summed E-state index contributed by atoms with van der Waals surface area (Å²) >= 11 is 0. The van der Waals surface area contributed by atoms with E-state index >= 15 is 0 Å². The molecule has 0 bridgehead atoms. The molecule has 0 N–H and O–H groups in total. The fourth-order valence-electron chi connectivity index (χ4n) is 3.69. The molecule has 3 rings (SSSR count). The van der Waals surface area contributed by atoms with Gasteiger partial charge in [0.05, 0.1) is 18.4 Å². The molecule has 2 aliphatic rings. The van der Waals surface area contributed by atoms with Crippen molar-refractivity contribution in [2.45, 2.75) is 32.6 Å². The number of likely N-dealkylation sites (tertiary alicyclic amines) is 1. The number of fused-ring (bicyclic) bond motifs is 1. The van der Waals surface area contributed by atoms with E-state index in [0.29, 0.717) is 30.8 Å². The summed E-state index contributed by atoms with van der Waals surface area (Å²) in [7, 11) is 0. The number of hydrogen-bond acceptors (Lipinski definition) is 6. The molecule has 144 valence electrons. The first kappa shape index (κ1) is 19.1. The third kappa shape index (κ3) is 4.18. The van der Waals surface area contributed by atoms with Crippen LogP contribution in [0.3, 0.4) is 0 Å². The minimum Gasteiger partial charge on any atom is -0.494 e. The molecule has 0 spiro atoms. The lowest BCUT2D eigenvalue weighted by Crippen LogP contribution is -2.37. The number of benzene rings is 1. The van der Waals surface area contributed by atoms with E-state index in [0.717, 1.165) is 17.7 Å². The van der Waals surface area contributed by atoms with Gasteiger partial charge in [0, 0.05) is 5.56 Å². The molecule has 1 aliphatic heterocycles. The minimum absolute atomic E-state index is 0.292. The van der Waals surface area contributed by atoms with E-state index < -0.39 is 19.1 Å². The van der Waals surface area contributed by atoms with Gasteiger partial charge < -0.3 is 9.47 Å². The Bertz CT molecular complexity index is 717. The molecule has 0 radical (unpaired) electrons. The highest BCUT2D eigenvalue weighted by atomic mass is 16.5. The Morgan fingerprint density at radius 1 is 1.04 bits per heavy atom. The number of rotatable bonds is 7. The van der Waals surface area contributed by atoms with Crippen molar-refractivity contribution in [3.05, 3.63) is 29.8 Å². The molecule has 27 heavy (non-hydrogen) atoms. The number of nitrogens with zero attached hydrogens (tertiary/aromatic N) is 1. The van der Waals surface area contributed by atoms with Gasteiger partial charge in [-0.3, -0.25) is 24.1 Å². The molecule has 2 unspecified atom stereocenters. The van der Waals surface area contributed by atoms with E-state index in [1.807, 2.05) is 6.92 Å². The predicted molar refractivity (Wildman–Crippen MR) is 95.1 cm³/mol. The molecule has 1 aromatic carbocycles. The molecule has 2 atom stereocenters. The standard InChI is InChI=1S/C20H23NO6/c1-2-26-14-9-7-13(8-10-14)17(22)12-27-18(23)11-21-19(24)15-5-3-4-6-16(15)20(21)25/h7-10,15-16H,2-6,11-12H2,1H3. The van der Waals surface area contributed by atoms with Crippen molar-refractivity contribution >= 4 is 23.6 Å². The lowest BCUT2D eigenvalue weighted by atomic mass is 9.81. The molecule has 1 aromatic rings. The average molecular weight is 373 g/mol. The zero-order chi connectivity index (χ0) is 19.4. The second kappa shape index (κ2) is 8.33. The van der Waals surface area contributed by atoms with Crippen LogP contribution in [0.2, 0.25) is 0 Å². The van der Waals surface area contributed by atoms with Gasteiger partial charge in [-0.15, -0.1) is 0 Å². The van der Waals surface area contributed by atoms with Gasteiger partial charge in [0.1, 0.15) is 12.3 Å². The van der Waals surface area contributed by atoms with Crippen molar-refractivity contribution in [2.75, 3.05) is 19.8 Å². The Balaban J connectivity index is 1.51. The van der Waals surface area contributed by atoms with E-state index in [9.17, 15) is 19.2 Å². The molecule has 1 aliphatic carbocycles. The molecule has 7 nitrogen and oxygen atoms in total. The quantitative estimate of drug-likeness (QED) is 0.412. The van der Waals surface area contributed by atoms with Crippen molar-refractivity contribution in [3.63, 3.8) is 0 Å². The average Bonchev–Trinajstić information content (AvgIpc) is 2.92. The number of amides is 2. The van der Waals surface area contributed by atoms with Crippen molar-refractivity contribution in [2.24, 2.45) is 11.8 Å². The van der Waals surface area contributed by atoms with Gasteiger partial charge in [0.25, 0.3) is 0 Å². The Morgan fingerprint density at radius 2 is 1.63 bits per heavy atom.